The van der Waals surface area contributed by atoms with Gasteiger partial charge in [0, 0.05) is 0 Å². The molecule has 1 unspecified atom stereocenters. The largest absolute Gasteiger partial charge is 0.321 e. The molecule has 0 fully saturated rings. The van der Waals surface area contributed by atoms with Crippen LogP contribution in [0.2, 0.25) is 0 Å². The van der Waals surface area contributed by atoms with E-state index in [0.29, 0.717) is 6.42 Å². The highest BCUT2D eigenvalue weighted by Crippen LogP contribution is 2.20. The van der Waals surface area contributed by atoms with E-state index in [2.05, 4.69) is 15.9 Å². The third kappa shape index (κ3) is 3.28. The number of carbonyl (C=O) groups is 1. The molecule has 19 heavy (non-hydrogen) atoms. The molecule has 2 N–H and O–H groups in total. The maximum absolute atomic E-state index is 13.8. The molecule has 0 radical (unpaired) electrons. The van der Waals surface area contributed by atoms with E-state index in [1.165, 1.54) is 6.07 Å². The van der Waals surface area contributed by atoms with Crippen LogP contribution in [0.4, 0.5) is 4.39 Å². The summed E-state index contributed by atoms with van der Waals surface area (Å²) in [6.07, 6.45) is 0.394. The molecule has 0 aliphatic heterocycles. The zero-order chi connectivity index (χ0) is 13.8. The molecule has 0 heterocycles. The van der Waals surface area contributed by atoms with Crippen molar-refractivity contribution in [2.45, 2.75) is 12.5 Å². The number of hydrogen-bond acceptors (Lipinski definition) is 2. The van der Waals surface area contributed by atoms with E-state index >= 15 is 0 Å². The minimum absolute atomic E-state index is 0.0257. The fraction of sp³-hybridized carbons (Fsp3) is 0.133. The van der Waals surface area contributed by atoms with Gasteiger partial charge < -0.3 is 5.73 Å². The second-order valence-corrected chi connectivity index (χ2v) is 5.12. The van der Waals surface area contributed by atoms with Crippen LogP contribution in [0, 0.1) is 5.82 Å². The molecule has 2 aromatic rings. The maximum Gasteiger partial charge on any atom is 0.182 e. The van der Waals surface area contributed by atoms with Crippen LogP contribution < -0.4 is 5.73 Å². The second kappa shape index (κ2) is 6.08. The van der Waals surface area contributed by atoms with Crippen LogP contribution in [0.1, 0.15) is 15.9 Å². The molecule has 0 aliphatic rings. The summed E-state index contributed by atoms with van der Waals surface area (Å²) in [5.41, 5.74) is 6.85. The van der Waals surface area contributed by atoms with Gasteiger partial charge in [0.15, 0.2) is 5.78 Å². The average molecular weight is 322 g/mol. The van der Waals surface area contributed by atoms with Gasteiger partial charge in [-0.2, -0.15) is 0 Å². The predicted molar refractivity (Wildman–Crippen MR) is 76.6 cm³/mol. The van der Waals surface area contributed by atoms with E-state index in [-0.39, 0.29) is 15.8 Å². The quantitative estimate of drug-likeness (QED) is 0.878. The molecule has 2 nitrogen and oxygen atoms in total. The Labute approximate surface area is 119 Å². The summed E-state index contributed by atoms with van der Waals surface area (Å²) in [7, 11) is 0. The Bertz CT molecular complexity index is 586. The van der Waals surface area contributed by atoms with Crippen LogP contribution in [-0.4, -0.2) is 11.8 Å². The van der Waals surface area contributed by atoms with Gasteiger partial charge in [0.25, 0.3) is 0 Å². The lowest BCUT2D eigenvalue weighted by atomic mass is 9.98. The summed E-state index contributed by atoms with van der Waals surface area (Å²) >= 11 is 3.06. The highest BCUT2D eigenvalue weighted by Gasteiger charge is 2.20. The first-order chi connectivity index (χ1) is 9.09. The highest BCUT2D eigenvalue weighted by atomic mass is 79.9. The molecule has 0 aromatic heterocycles. The molecule has 1 atom stereocenters. The summed E-state index contributed by atoms with van der Waals surface area (Å²) in [5, 5.41) is 0. The molecule has 0 saturated heterocycles. The Morgan fingerprint density at radius 1 is 1.16 bits per heavy atom. The first kappa shape index (κ1) is 13.9. The van der Waals surface area contributed by atoms with Crippen LogP contribution in [-0.2, 0) is 6.42 Å². The smallest absolute Gasteiger partial charge is 0.182 e. The predicted octanol–water partition coefficient (Wildman–Crippen LogP) is 3.34. The van der Waals surface area contributed by atoms with Crippen molar-refractivity contribution in [1.82, 2.24) is 0 Å². The highest BCUT2D eigenvalue weighted by molar-refractivity contribution is 9.10. The molecule has 0 aliphatic carbocycles. The number of nitrogens with two attached hydrogens (primary N) is 1. The van der Waals surface area contributed by atoms with Crippen molar-refractivity contribution in [2.24, 2.45) is 5.73 Å². The maximum atomic E-state index is 13.8. The molecule has 4 heteroatoms. The van der Waals surface area contributed by atoms with Gasteiger partial charge in [-0.3, -0.25) is 4.79 Å². The van der Waals surface area contributed by atoms with Gasteiger partial charge in [-0.15, -0.1) is 0 Å². The molecule has 0 bridgehead atoms. The van der Waals surface area contributed by atoms with E-state index in [1.54, 1.807) is 12.1 Å². The number of hydrogen-bond donors (Lipinski definition) is 1. The van der Waals surface area contributed by atoms with Gasteiger partial charge in [0.1, 0.15) is 5.82 Å². The monoisotopic (exact) mass is 321 g/mol. The summed E-state index contributed by atoms with van der Waals surface area (Å²) in [6, 6.07) is 13.3. The van der Waals surface area contributed by atoms with Crippen LogP contribution in [0.5, 0.6) is 0 Å². The van der Waals surface area contributed by atoms with Crippen molar-refractivity contribution in [3.8, 4) is 0 Å². The lowest BCUT2D eigenvalue weighted by Gasteiger charge is -2.11. The topological polar surface area (TPSA) is 43.1 Å². The van der Waals surface area contributed by atoms with Crippen LogP contribution >= 0.6 is 15.9 Å². The zero-order valence-corrected chi connectivity index (χ0v) is 11.7. The fourth-order valence-electron chi connectivity index (χ4n) is 1.85. The SMILES string of the molecule is NC(Cc1ccccc1)C(=O)c1cccc(Br)c1F. The van der Waals surface area contributed by atoms with Gasteiger partial charge >= 0.3 is 0 Å². The normalized spacial score (nSPS) is 12.2. The molecule has 2 aromatic carbocycles. The molecular weight excluding hydrogens is 309 g/mol. The van der Waals surface area contributed by atoms with Gasteiger partial charge in [-0.05, 0) is 40.0 Å². The van der Waals surface area contributed by atoms with Gasteiger partial charge in [0.2, 0.25) is 0 Å². The Morgan fingerprint density at radius 2 is 1.84 bits per heavy atom. The number of carbonyl (C=O) groups excluding carboxylic acids is 1. The first-order valence-electron chi connectivity index (χ1n) is 5.87. The summed E-state index contributed by atoms with van der Waals surface area (Å²) < 4.78 is 14.1. The summed E-state index contributed by atoms with van der Waals surface area (Å²) in [6.45, 7) is 0. The van der Waals surface area contributed by atoms with E-state index in [9.17, 15) is 9.18 Å². The fourth-order valence-corrected chi connectivity index (χ4v) is 2.22. The number of benzene rings is 2. The first-order valence-corrected chi connectivity index (χ1v) is 6.66. The summed E-state index contributed by atoms with van der Waals surface area (Å²) in [4.78, 5) is 12.1. The Hall–Kier alpha value is -1.52. The molecule has 0 saturated carbocycles. The summed E-state index contributed by atoms with van der Waals surface area (Å²) in [5.74, 6) is -0.946. The molecular formula is C15H13BrFNO. The number of halogens is 2. The average Bonchev–Trinajstić information content (AvgIpc) is 2.42. The van der Waals surface area contributed by atoms with Crippen LogP contribution in [0.25, 0.3) is 0 Å². The van der Waals surface area contributed by atoms with Gasteiger partial charge in [-0.1, -0.05) is 36.4 Å². The van der Waals surface area contributed by atoms with Crippen molar-refractivity contribution in [3.05, 3.63) is 69.9 Å². The number of ketones is 1. The van der Waals surface area contributed by atoms with E-state index in [1.807, 2.05) is 30.3 Å². The lowest BCUT2D eigenvalue weighted by Crippen LogP contribution is -2.33. The van der Waals surface area contributed by atoms with Gasteiger partial charge in [-0.25, -0.2) is 4.39 Å². The third-order valence-electron chi connectivity index (χ3n) is 2.85. The lowest BCUT2D eigenvalue weighted by molar-refractivity contribution is 0.0957. The van der Waals surface area contributed by atoms with Crippen molar-refractivity contribution in [3.63, 3.8) is 0 Å². The van der Waals surface area contributed by atoms with Crippen LogP contribution in [0.15, 0.2) is 53.0 Å². The molecule has 0 spiro atoms. The van der Waals surface area contributed by atoms with E-state index in [0.717, 1.165) is 5.56 Å². The second-order valence-electron chi connectivity index (χ2n) is 4.26. The number of Topliss-reactive ketones (excluding diaryl/α,β-unsaturated/α-hetero) is 1. The van der Waals surface area contributed by atoms with Crippen molar-refractivity contribution >= 4 is 21.7 Å². The molecule has 0 amide bonds. The van der Waals surface area contributed by atoms with Crippen molar-refractivity contribution < 1.29 is 9.18 Å². The Kier molecular flexibility index (Phi) is 4.45. The van der Waals surface area contributed by atoms with Crippen LogP contribution in [0.3, 0.4) is 0 Å². The minimum Gasteiger partial charge on any atom is -0.321 e. The Morgan fingerprint density at radius 3 is 2.53 bits per heavy atom. The Balaban J connectivity index is 2.18. The standard InChI is InChI=1S/C15H13BrFNO/c16-12-8-4-7-11(14(12)17)15(19)13(18)9-10-5-2-1-3-6-10/h1-8,13H,9,18H2. The van der Waals surface area contributed by atoms with Crippen molar-refractivity contribution in [1.29, 1.82) is 0 Å². The molecule has 98 valence electrons. The zero-order valence-electron chi connectivity index (χ0n) is 10.1. The minimum atomic E-state index is -0.744. The van der Waals surface area contributed by atoms with Gasteiger partial charge in [0.05, 0.1) is 16.1 Å². The van der Waals surface area contributed by atoms with Crippen molar-refractivity contribution in [2.75, 3.05) is 0 Å². The van der Waals surface area contributed by atoms with E-state index in [4.69, 9.17) is 5.73 Å². The third-order valence-corrected chi connectivity index (χ3v) is 3.46. The van der Waals surface area contributed by atoms with E-state index < -0.39 is 11.9 Å². The molecule has 2 rings (SSSR count). The number of rotatable bonds is 4.